The average molecular weight is 498 g/mol. The fourth-order valence-electron chi connectivity index (χ4n) is 2.83. The first-order valence-electron chi connectivity index (χ1n) is 9.11. The van der Waals surface area contributed by atoms with Crippen LogP contribution in [0.2, 0.25) is 0 Å². The van der Waals surface area contributed by atoms with Crippen LogP contribution in [0.1, 0.15) is 29.3 Å². The molecule has 2 rings (SSSR count). The fraction of sp³-hybridized carbons (Fsp3) is 0.429. The van der Waals surface area contributed by atoms with E-state index in [0.717, 1.165) is 46.4 Å². The van der Waals surface area contributed by atoms with Crippen LogP contribution in [-0.4, -0.2) is 43.7 Å². The zero-order valence-electron chi connectivity index (χ0n) is 17.6. The molecule has 0 saturated carbocycles. The monoisotopic (exact) mass is 498 g/mol. The molecule has 0 unspecified atom stereocenters. The number of ether oxygens (including phenoxy) is 2. The van der Waals surface area contributed by atoms with E-state index in [1.165, 1.54) is 0 Å². The highest BCUT2D eigenvalue weighted by Crippen LogP contribution is 2.30. The lowest BCUT2D eigenvalue weighted by Gasteiger charge is -2.23. The third-order valence-corrected chi connectivity index (χ3v) is 4.44. The summed E-state index contributed by atoms with van der Waals surface area (Å²) in [6, 6.07) is 8.03. The Hall–Kier alpha value is -2.03. The lowest BCUT2D eigenvalue weighted by Crippen LogP contribution is -2.38. The van der Waals surface area contributed by atoms with Gasteiger partial charge in [-0.15, -0.1) is 24.0 Å². The molecule has 0 aliphatic rings. The van der Waals surface area contributed by atoms with Crippen LogP contribution >= 0.6 is 24.0 Å². The molecule has 7 heteroatoms. The largest absolute Gasteiger partial charge is 0.493 e. The molecule has 6 nitrogen and oxygen atoms in total. The molecule has 0 aliphatic carbocycles. The summed E-state index contributed by atoms with van der Waals surface area (Å²) in [5, 5.41) is 3.36. The molecule has 0 saturated heterocycles. The van der Waals surface area contributed by atoms with Crippen molar-refractivity contribution in [1.29, 1.82) is 0 Å². The van der Waals surface area contributed by atoms with E-state index in [1.54, 1.807) is 14.2 Å². The minimum absolute atomic E-state index is 0. The van der Waals surface area contributed by atoms with Gasteiger partial charge in [0, 0.05) is 26.3 Å². The zero-order chi connectivity index (χ0) is 19.8. The molecule has 1 aromatic carbocycles. The number of methoxy groups -OCH3 is 2. The van der Waals surface area contributed by atoms with Crippen molar-refractivity contribution in [3.8, 4) is 11.5 Å². The number of halogens is 1. The summed E-state index contributed by atoms with van der Waals surface area (Å²) in [6.07, 6.45) is 1.81. The van der Waals surface area contributed by atoms with Gasteiger partial charge in [-0.25, -0.2) is 4.99 Å². The number of nitrogens with zero attached hydrogens (tertiary/aromatic N) is 3. The molecule has 1 N–H and O–H groups in total. The fourth-order valence-corrected chi connectivity index (χ4v) is 2.83. The smallest absolute Gasteiger partial charge is 0.194 e. The lowest BCUT2D eigenvalue weighted by molar-refractivity contribution is 0.353. The number of guanidine groups is 1. The van der Waals surface area contributed by atoms with E-state index in [1.807, 2.05) is 31.4 Å². The van der Waals surface area contributed by atoms with E-state index in [2.05, 4.69) is 42.0 Å². The first-order chi connectivity index (χ1) is 13.0. The number of aromatic nitrogens is 1. The predicted octanol–water partition coefficient (Wildman–Crippen LogP) is 3.93. The van der Waals surface area contributed by atoms with Crippen LogP contribution in [0.3, 0.4) is 0 Å². The number of hydrogen-bond donors (Lipinski definition) is 1. The summed E-state index contributed by atoms with van der Waals surface area (Å²) in [5.74, 6) is 2.32. The second kappa shape index (κ2) is 11.7. The Morgan fingerprint density at radius 1 is 1.14 bits per heavy atom. The van der Waals surface area contributed by atoms with Crippen molar-refractivity contribution in [2.24, 2.45) is 4.99 Å². The maximum atomic E-state index is 5.44. The summed E-state index contributed by atoms with van der Waals surface area (Å²) < 4.78 is 10.8. The first-order valence-corrected chi connectivity index (χ1v) is 9.11. The number of aryl methyl sites for hydroxylation is 2. The van der Waals surface area contributed by atoms with E-state index in [0.29, 0.717) is 13.1 Å². The predicted molar refractivity (Wildman–Crippen MR) is 125 cm³/mol. The van der Waals surface area contributed by atoms with Crippen molar-refractivity contribution in [2.45, 2.75) is 33.9 Å². The molecule has 1 aromatic heterocycles. The van der Waals surface area contributed by atoms with Gasteiger partial charge in [-0.2, -0.15) is 0 Å². The summed E-state index contributed by atoms with van der Waals surface area (Å²) >= 11 is 0. The van der Waals surface area contributed by atoms with E-state index in [-0.39, 0.29) is 24.0 Å². The molecule has 1 heterocycles. The van der Waals surface area contributed by atoms with Gasteiger partial charge < -0.3 is 19.7 Å². The first kappa shape index (κ1) is 24.0. The summed E-state index contributed by atoms with van der Waals surface area (Å²) in [4.78, 5) is 11.3. The number of hydrogen-bond acceptors (Lipinski definition) is 4. The number of aliphatic imine (C=N–C) groups is 1. The van der Waals surface area contributed by atoms with E-state index in [4.69, 9.17) is 14.5 Å². The molecule has 0 bridgehead atoms. The minimum Gasteiger partial charge on any atom is -0.493 e. The molecule has 0 amide bonds. The standard InChI is InChI=1S/C21H30N4O2.HI/c1-7-22-21(24-13-18-15(2)9-8-10-23-18)25(4)14-17-12-20(27-6)19(26-5)11-16(17)3;/h8-12H,7,13-14H2,1-6H3,(H,22,24);1H. The van der Waals surface area contributed by atoms with Crippen molar-refractivity contribution < 1.29 is 9.47 Å². The van der Waals surface area contributed by atoms with Gasteiger partial charge in [0.2, 0.25) is 0 Å². The maximum absolute atomic E-state index is 5.44. The number of benzene rings is 1. The molecule has 28 heavy (non-hydrogen) atoms. The lowest BCUT2D eigenvalue weighted by atomic mass is 10.1. The van der Waals surface area contributed by atoms with Crippen molar-refractivity contribution in [3.05, 3.63) is 52.8 Å². The molecular weight excluding hydrogens is 467 g/mol. The number of rotatable bonds is 7. The normalized spacial score (nSPS) is 10.9. The molecule has 0 atom stereocenters. The third-order valence-electron chi connectivity index (χ3n) is 4.44. The molecular formula is C21H31IN4O2. The Morgan fingerprint density at radius 3 is 2.43 bits per heavy atom. The van der Waals surface area contributed by atoms with E-state index in [9.17, 15) is 0 Å². The van der Waals surface area contributed by atoms with Crippen LogP contribution in [0.15, 0.2) is 35.5 Å². The van der Waals surface area contributed by atoms with Crippen LogP contribution in [0.25, 0.3) is 0 Å². The topological polar surface area (TPSA) is 59.0 Å². The van der Waals surface area contributed by atoms with Crippen molar-refractivity contribution in [1.82, 2.24) is 15.2 Å². The third kappa shape index (κ3) is 6.25. The summed E-state index contributed by atoms with van der Waals surface area (Å²) in [7, 11) is 5.34. The Morgan fingerprint density at radius 2 is 1.82 bits per heavy atom. The molecule has 0 spiro atoms. The molecule has 0 fully saturated rings. The van der Waals surface area contributed by atoms with Crippen LogP contribution in [0.4, 0.5) is 0 Å². The van der Waals surface area contributed by atoms with Gasteiger partial charge in [0.1, 0.15) is 0 Å². The quantitative estimate of drug-likeness (QED) is 0.356. The van der Waals surface area contributed by atoms with E-state index < -0.39 is 0 Å². The van der Waals surface area contributed by atoms with Gasteiger partial charge >= 0.3 is 0 Å². The molecule has 0 aliphatic heterocycles. The zero-order valence-corrected chi connectivity index (χ0v) is 19.9. The van der Waals surface area contributed by atoms with E-state index >= 15 is 0 Å². The van der Waals surface area contributed by atoms with Gasteiger partial charge in [0.25, 0.3) is 0 Å². The van der Waals surface area contributed by atoms with Crippen molar-refractivity contribution >= 4 is 29.9 Å². The Bertz CT molecular complexity index is 796. The van der Waals surface area contributed by atoms with Crippen LogP contribution in [0, 0.1) is 13.8 Å². The Balaban J connectivity index is 0.00000392. The van der Waals surface area contributed by atoms with Gasteiger partial charge in [-0.05, 0) is 55.7 Å². The van der Waals surface area contributed by atoms with Gasteiger partial charge in [-0.3, -0.25) is 4.98 Å². The molecule has 154 valence electrons. The van der Waals surface area contributed by atoms with Gasteiger partial charge in [0.15, 0.2) is 17.5 Å². The van der Waals surface area contributed by atoms with Crippen LogP contribution < -0.4 is 14.8 Å². The number of pyridine rings is 1. The SMILES string of the molecule is CCNC(=NCc1ncccc1C)N(C)Cc1cc(OC)c(OC)cc1C.I. The molecule has 2 aromatic rings. The van der Waals surface area contributed by atoms with Gasteiger partial charge in [0.05, 0.1) is 26.5 Å². The van der Waals surface area contributed by atoms with Crippen LogP contribution in [0.5, 0.6) is 11.5 Å². The summed E-state index contributed by atoms with van der Waals surface area (Å²) in [6.45, 7) is 8.25. The average Bonchev–Trinajstić information content (AvgIpc) is 2.67. The summed E-state index contributed by atoms with van der Waals surface area (Å²) in [5.41, 5.74) is 4.45. The van der Waals surface area contributed by atoms with Crippen molar-refractivity contribution in [3.63, 3.8) is 0 Å². The number of nitrogens with one attached hydrogen (secondary N) is 1. The highest BCUT2D eigenvalue weighted by molar-refractivity contribution is 14.0. The minimum atomic E-state index is 0. The second-order valence-corrected chi connectivity index (χ2v) is 6.43. The Kier molecular flexibility index (Phi) is 10.1. The van der Waals surface area contributed by atoms with Crippen LogP contribution in [-0.2, 0) is 13.1 Å². The van der Waals surface area contributed by atoms with Crippen molar-refractivity contribution in [2.75, 3.05) is 27.8 Å². The highest BCUT2D eigenvalue weighted by atomic mass is 127. The second-order valence-electron chi connectivity index (χ2n) is 6.43. The van der Waals surface area contributed by atoms with Gasteiger partial charge in [-0.1, -0.05) is 6.07 Å². The highest BCUT2D eigenvalue weighted by Gasteiger charge is 2.13. The molecule has 0 radical (unpaired) electrons. The Labute approximate surface area is 185 Å². The maximum Gasteiger partial charge on any atom is 0.194 e.